The quantitative estimate of drug-likeness (QED) is 0.645. The number of nitrogens with zero attached hydrogens (tertiary/aromatic N) is 4. The maximum absolute atomic E-state index is 13.7. The first-order valence-corrected chi connectivity index (χ1v) is 5.47. The van der Waals surface area contributed by atoms with E-state index in [1.54, 1.807) is 0 Å². The molecule has 0 bridgehead atoms. The van der Waals surface area contributed by atoms with Crippen molar-refractivity contribution in [2.45, 2.75) is 0 Å². The zero-order valence-electron chi connectivity index (χ0n) is 9.11. The highest BCUT2D eigenvalue weighted by atomic mass is 35.5. The van der Waals surface area contributed by atoms with Crippen molar-refractivity contribution in [3.05, 3.63) is 46.9 Å². The summed E-state index contributed by atoms with van der Waals surface area (Å²) in [6, 6.07) is 4.87. The Morgan fingerprint density at radius 1 is 0.947 bits per heavy atom. The van der Waals surface area contributed by atoms with Gasteiger partial charge in [0.15, 0.2) is 28.9 Å². The first-order valence-electron chi connectivity index (χ1n) is 5.10. The number of aromatic nitrogens is 4. The monoisotopic (exact) mass is 284 g/mol. The second kappa shape index (κ2) is 4.20. The second-order valence-corrected chi connectivity index (χ2v) is 4.06. The number of halogens is 4. The van der Waals surface area contributed by atoms with Crippen molar-refractivity contribution >= 4 is 17.2 Å². The summed E-state index contributed by atoms with van der Waals surface area (Å²) in [6.45, 7) is 0. The van der Waals surface area contributed by atoms with Crippen molar-refractivity contribution in [1.29, 1.82) is 0 Å². The standard InChI is InChI=1S/C11H4ClF3N4/c12-7-3-4-8-16-17-11(19(8)18-7)5-1-2-6(13)10(15)9(5)14/h1-4H. The van der Waals surface area contributed by atoms with Gasteiger partial charge in [0.25, 0.3) is 0 Å². The van der Waals surface area contributed by atoms with Crippen LogP contribution in [0.15, 0.2) is 24.3 Å². The molecule has 2 aromatic heterocycles. The van der Waals surface area contributed by atoms with E-state index < -0.39 is 17.5 Å². The maximum Gasteiger partial charge on any atom is 0.195 e. The summed E-state index contributed by atoms with van der Waals surface area (Å²) >= 11 is 5.72. The molecular formula is C11H4ClF3N4. The lowest BCUT2D eigenvalue weighted by atomic mass is 10.2. The SMILES string of the molecule is Fc1ccc(-c2nnc3ccc(Cl)nn23)c(F)c1F. The molecule has 0 N–H and O–H groups in total. The molecule has 0 aliphatic heterocycles. The van der Waals surface area contributed by atoms with Gasteiger partial charge in [-0.05, 0) is 24.3 Å². The molecule has 3 rings (SSSR count). The van der Waals surface area contributed by atoms with Gasteiger partial charge in [-0.25, -0.2) is 13.2 Å². The third kappa shape index (κ3) is 1.82. The lowest BCUT2D eigenvalue weighted by Gasteiger charge is -2.02. The predicted octanol–water partition coefficient (Wildman–Crippen LogP) is 2.86. The third-order valence-corrected chi connectivity index (χ3v) is 2.71. The first kappa shape index (κ1) is 11.9. The number of benzene rings is 1. The van der Waals surface area contributed by atoms with Crippen molar-refractivity contribution in [3.63, 3.8) is 0 Å². The van der Waals surface area contributed by atoms with Gasteiger partial charge in [-0.2, -0.15) is 9.61 Å². The maximum atomic E-state index is 13.7. The summed E-state index contributed by atoms with van der Waals surface area (Å²) < 4.78 is 40.9. The molecule has 0 aliphatic rings. The molecule has 0 saturated carbocycles. The molecule has 8 heteroatoms. The zero-order valence-corrected chi connectivity index (χ0v) is 9.87. The Kier molecular flexibility index (Phi) is 2.63. The van der Waals surface area contributed by atoms with E-state index >= 15 is 0 Å². The first-order chi connectivity index (χ1) is 9.08. The van der Waals surface area contributed by atoms with Gasteiger partial charge < -0.3 is 0 Å². The van der Waals surface area contributed by atoms with E-state index in [1.165, 1.54) is 12.1 Å². The average Bonchev–Trinajstić information content (AvgIpc) is 2.79. The average molecular weight is 285 g/mol. The van der Waals surface area contributed by atoms with Crippen molar-refractivity contribution in [3.8, 4) is 11.4 Å². The van der Waals surface area contributed by atoms with Crippen LogP contribution >= 0.6 is 11.6 Å². The van der Waals surface area contributed by atoms with E-state index in [1.807, 2.05) is 0 Å². The topological polar surface area (TPSA) is 43.1 Å². The summed E-state index contributed by atoms with van der Waals surface area (Å²) in [5.41, 5.74) is 0.0599. The van der Waals surface area contributed by atoms with Crippen LogP contribution in [0.25, 0.3) is 17.0 Å². The molecule has 0 atom stereocenters. The molecule has 0 aliphatic carbocycles. The molecule has 0 amide bonds. The lowest BCUT2D eigenvalue weighted by Crippen LogP contribution is -1.99. The minimum Gasteiger partial charge on any atom is -0.204 e. The van der Waals surface area contributed by atoms with Gasteiger partial charge in [0.2, 0.25) is 0 Å². The Hall–Kier alpha value is -2.15. The molecule has 3 aromatic rings. The van der Waals surface area contributed by atoms with Crippen LogP contribution in [0.4, 0.5) is 13.2 Å². The molecule has 0 saturated heterocycles. The Morgan fingerprint density at radius 3 is 2.53 bits per heavy atom. The largest absolute Gasteiger partial charge is 0.204 e. The van der Waals surface area contributed by atoms with Crippen LogP contribution < -0.4 is 0 Å². The van der Waals surface area contributed by atoms with Crippen molar-refractivity contribution < 1.29 is 13.2 Å². The summed E-state index contributed by atoms with van der Waals surface area (Å²) in [5, 5.41) is 11.5. The molecule has 0 fully saturated rings. The molecule has 19 heavy (non-hydrogen) atoms. The zero-order chi connectivity index (χ0) is 13.6. The molecule has 0 unspecified atom stereocenters. The molecule has 0 spiro atoms. The van der Waals surface area contributed by atoms with Crippen LogP contribution in [0.2, 0.25) is 5.15 Å². The van der Waals surface area contributed by atoms with Crippen LogP contribution in [0, 0.1) is 17.5 Å². The van der Waals surface area contributed by atoms with E-state index in [0.717, 1.165) is 16.6 Å². The van der Waals surface area contributed by atoms with Crippen LogP contribution in [0.3, 0.4) is 0 Å². The molecular weight excluding hydrogens is 281 g/mol. The van der Waals surface area contributed by atoms with Gasteiger partial charge >= 0.3 is 0 Å². The van der Waals surface area contributed by atoms with Gasteiger partial charge in [-0.15, -0.1) is 10.2 Å². The molecule has 0 radical (unpaired) electrons. The normalized spacial score (nSPS) is 11.2. The number of hydrogen-bond acceptors (Lipinski definition) is 3. The number of fused-ring (bicyclic) bond motifs is 1. The summed E-state index contributed by atoms with van der Waals surface area (Å²) in [7, 11) is 0. The molecule has 2 heterocycles. The fourth-order valence-electron chi connectivity index (χ4n) is 1.63. The van der Waals surface area contributed by atoms with E-state index in [9.17, 15) is 13.2 Å². The summed E-state index contributed by atoms with van der Waals surface area (Å²) in [4.78, 5) is 0. The third-order valence-electron chi connectivity index (χ3n) is 2.51. The van der Waals surface area contributed by atoms with E-state index in [4.69, 9.17) is 11.6 Å². The lowest BCUT2D eigenvalue weighted by molar-refractivity contribution is 0.448. The Labute approximate surface area is 109 Å². The highest BCUT2D eigenvalue weighted by Gasteiger charge is 2.19. The second-order valence-electron chi connectivity index (χ2n) is 3.67. The number of rotatable bonds is 1. The van der Waals surface area contributed by atoms with Crippen LogP contribution in [0.1, 0.15) is 0 Å². The van der Waals surface area contributed by atoms with E-state index in [-0.39, 0.29) is 16.5 Å². The Balaban J connectivity index is 2.31. The Bertz CT molecular complexity index is 787. The van der Waals surface area contributed by atoms with Crippen molar-refractivity contribution in [1.82, 2.24) is 19.8 Å². The van der Waals surface area contributed by atoms with Crippen molar-refractivity contribution in [2.24, 2.45) is 0 Å². The van der Waals surface area contributed by atoms with Gasteiger partial charge in [0, 0.05) is 0 Å². The minimum absolute atomic E-state index is 0.0612. The molecule has 1 aromatic carbocycles. The fraction of sp³-hybridized carbons (Fsp3) is 0. The summed E-state index contributed by atoms with van der Waals surface area (Å²) in [6.07, 6.45) is 0. The highest BCUT2D eigenvalue weighted by Crippen LogP contribution is 2.24. The van der Waals surface area contributed by atoms with Gasteiger partial charge in [-0.3, -0.25) is 0 Å². The van der Waals surface area contributed by atoms with Gasteiger partial charge in [0.1, 0.15) is 5.15 Å². The van der Waals surface area contributed by atoms with Gasteiger partial charge in [0.05, 0.1) is 5.56 Å². The van der Waals surface area contributed by atoms with Crippen LogP contribution in [-0.4, -0.2) is 19.8 Å². The van der Waals surface area contributed by atoms with Gasteiger partial charge in [-0.1, -0.05) is 11.6 Å². The molecule has 96 valence electrons. The smallest absolute Gasteiger partial charge is 0.195 e. The highest BCUT2D eigenvalue weighted by molar-refractivity contribution is 6.29. The summed E-state index contributed by atoms with van der Waals surface area (Å²) in [5.74, 6) is -4.26. The van der Waals surface area contributed by atoms with Crippen LogP contribution in [-0.2, 0) is 0 Å². The van der Waals surface area contributed by atoms with E-state index in [0.29, 0.717) is 5.65 Å². The van der Waals surface area contributed by atoms with Crippen LogP contribution in [0.5, 0.6) is 0 Å². The van der Waals surface area contributed by atoms with E-state index in [2.05, 4.69) is 15.3 Å². The van der Waals surface area contributed by atoms with Crippen molar-refractivity contribution in [2.75, 3.05) is 0 Å². The Morgan fingerprint density at radius 2 is 1.74 bits per heavy atom. The predicted molar refractivity (Wildman–Crippen MR) is 61.1 cm³/mol. The minimum atomic E-state index is -1.57. The molecule has 4 nitrogen and oxygen atoms in total. The fourth-order valence-corrected chi connectivity index (χ4v) is 1.77. The number of hydrogen-bond donors (Lipinski definition) is 0.